The van der Waals surface area contributed by atoms with Gasteiger partial charge in [0.05, 0.1) is 13.0 Å². The van der Waals surface area contributed by atoms with Crippen LogP contribution in [-0.4, -0.2) is 18.5 Å². The van der Waals surface area contributed by atoms with E-state index in [2.05, 4.69) is 23.5 Å². The number of anilines is 1. The second-order valence-corrected chi connectivity index (χ2v) is 7.70. The SMILES string of the molecule is CCOC(=O)Cc1ccccc1NC(=O)c1cc2c(c(-c3cccc(CN)c3)c1)C=CC2. The second-order valence-electron chi connectivity index (χ2n) is 7.70. The van der Waals surface area contributed by atoms with Gasteiger partial charge in [-0.1, -0.05) is 48.6 Å². The first-order valence-electron chi connectivity index (χ1n) is 10.8. The van der Waals surface area contributed by atoms with Crippen LogP contribution in [0.3, 0.4) is 0 Å². The summed E-state index contributed by atoms with van der Waals surface area (Å²) in [6.07, 6.45) is 5.11. The zero-order valence-electron chi connectivity index (χ0n) is 18.1. The Morgan fingerprint density at radius 3 is 2.72 bits per heavy atom. The van der Waals surface area contributed by atoms with E-state index in [0.717, 1.165) is 39.8 Å². The molecule has 1 aliphatic carbocycles. The van der Waals surface area contributed by atoms with Crippen LogP contribution in [0.25, 0.3) is 17.2 Å². The molecule has 0 bridgehead atoms. The molecular weight excluding hydrogens is 400 g/mol. The Hall–Kier alpha value is -3.70. The van der Waals surface area contributed by atoms with E-state index in [1.165, 1.54) is 0 Å². The Kier molecular flexibility index (Phi) is 6.47. The lowest BCUT2D eigenvalue weighted by Gasteiger charge is -2.14. The van der Waals surface area contributed by atoms with Crippen LogP contribution in [0, 0.1) is 0 Å². The lowest BCUT2D eigenvalue weighted by atomic mass is 9.93. The Labute approximate surface area is 187 Å². The number of hydrogen-bond donors (Lipinski definition) is 2. The highest BCUT2D eigenvalue weighted by Gasteiger charge is 2.18. The van der Waals surface area contributed by atoms with Crippen LogP contribution in [-0.2, 0) is 28.9 Å². The van der Waals surface area contributed by atoms with Crippen molar-refractivity contribution in [2.24, 2.45) is 5.73 Å². The largest absolute Gasteiger partial charge is 0.466 e. The molecule has 4 rings (SSSR count). The Morgan fingerprint density at radius 1 is 1.06 bits per heavy atom. The summed E-state index contributed by atoms with van der Waals surface area (Å²) >= 11 is 0. The van der Waals surface area contributed by atoms with Gasteiger partial charge < -0.3 is 15.8 Å². The van der Waals surface area contributed by atoms with Crippen LogP contribution >= 0.6 is 0 Å². The fourth-order valence-corrected chi connectivity index (χ4v) is 3.98. The number of rotatable bonds is 7. The van der Waals surface area contributed by atoms with Crippen LogP contribution < -0.4 is 11.1 Å². The summed E-state index contributed by atoms with van der Waals surface area (Å²) in [6, 6.07) is 19.2. The van der Waals surface area contributed by atoms with E-state index in [1.807, 2.05) is 48.5 Å². The minimum atomic E-state index is -0.320. The average Bonchev–Trinajstić information content (AvgIpc) is 3.28. The van der Waals surface area contributed by atoms with Crippen LogP contribution in [0.5, 0.6) is 0 Å². The monoisotopic (exact) mass is 426 g/mol. The van der Waals surface area contributed by atoms with Crippen LogP contribution in [0.15, 0.2) is 66.7 Å². The molecule has 0 unspecified atom stereocenters. The maximum atomic E-state index is 13.2. The molecule has 3 aromatic rings. The molecule has 0 spiro atoms. The zero-order valence-corrected chi connectivity index (χ0v) is 18.1. The molecule has 3 N–H and O–H groups in total. The van der Waals surface area contributed by atoms with Crippen LogP contribution in [0.4, 0.5) is 5.69 Å². The highest BCUT2D eigenvalue weighted by atomic mass is 16.5. The van der Waals surface area contributed by atoms with Gasteiger partial charge in [-0.05, 0) is 71.0 Å². The average molecular weight is 427 g/mol. The van der Waals surface area contributed by atoms with Gasteiger partial charge in [0, 0.05) is 17.8 Å². The van der Waals surface area contributed by atoms with Gasteiger partial charge in [-0.25, -0.2) is 0 Å². The Bertz CT molecular complexity index is 1200. The molecule has 1 amide bonds. The van der Waals surface area contributed by atoms with E-state index >= 15 is 0 Å². The van der Waals surface area contributed by atoms with E-state index < -0.39 is 0 Å². The van der Waals surface area contributed by atoms with Crippen molar-refractivity contribution in [1.82, 2.24) is 0 Å². The summed E-state index contributed by atoms with van der Waals surface area (Å²) in [7, 11) is 0. The van der Waals surface area contributed by atoms with Crippen molar-refractivity contribution < 1.29 is 14.3 Å². The number of allylic oxidation sites excluding steroid dienone is 1. The normalized spacial score (nSPS) is 11.8. The second kappa shape index (κ2) is 9.62. The predicted molar refractivity (Wildman–Crippen MR) is 127 cm³/mol. The number of benzene rings is 3. The van der Waals surface area contributed by atoms with Gasteiger partial charge in [-0.3, -0.25) is 9.59 Å². The summed E-state index contributed by atoms with van der Waals surface area (Å²) in [6.45, 7) is 2.56. The van der Waals surface area contributed by atoms with Crippen molar-refractivity contribution in [1.29, 1.82) is 0 Å². The van der Waals surface area contributed by atoms with Gasteiger partial charge >= 0.3 is 5.97 Å². The molecule has 5 nitrogen and oxygen atoms in total. The molecule has 3 aromatic carbocycles. The van der Waals surface area contributed by atoms with E-state index in [1.54, 1.807) is 13.0 Å². The number of para-hydroxylation sites is 1. The third-order valence-electron chi connectivity index (χ3n) is 5.53. The molecule has 0 heterocycles. The minimum absolute atomic E-state index is 0.107. The van der Waals surface area contributed by atoms with Crippen molar-refractivity contribution in [3.63, 3.8) is 0 Å². The summed E-state index contributed by atoms with van der Waals surface area (Å²) in [4.78, 5) is 25.2. The molecule has 0 aliphatic heterocycles. The lowest BCUT2D eigenvalue weighted by molar-refractivity contribution is -0.142. The first-order valence-corrected chi connectivity index (χ1v) is 10.8. The van der Waals surface area contributed by atoms with Gasteiger partial charge in [-0.2, -0.15) is 0 Å². The fourth-order valence-electron chi connectivity index (χ4n) is 3.98. The standard InChI is InChI=1S/C27H26N2O3/c1-2-32-26(30)16-21-8-3-4-12-25(21)29-27(31)22-14-20-10-6-11-23(20)24(15-22)19-9-5-7-18(13-19)17-28/h3-9,11-15H,2,10,16-17,28H2,1H3,(H,29,31). The van der Waals surface area contributed by atoms with Gasteiger partial charge in [0.1, 0.15) is 0 Å². The number of carbonyl (C=O) groups is 2. The molecule has 0 saturated heterocycles. The summed E-state index contributed by atoms with van der Waals surface area (Å²) in [5, 5.41) is 2.98. The predicted octanol–water partition coefficient (Wildman–Crippen LogP) is 4.74. The van der Waals surface area contributed by atoms with Crippen molar-refractivity contribution in [2.45, 2.75) is 26.3 Å². The highest BCUT2D eigenvalue weighted by Crippen LogP contribution is 2.33. The minimum Gasteiger partial charge on any atom is -0.466 e. The summed E-state index contributed by atoms with van der Waals surface area (Å²) < 4.78 is 5.06. The van der Waals surface area contributed by atoms with Gasteiger partial charge in [0.2, 0.25) is 0 Å². The number of amides is 1. The van der Waals surface area contributed by atoms with Crippen molar-refractivity contribution in [3.8, 4) is 11.1 Å². The number of nitrogens with two attached hydrogens (primary N) is 1. The third kappa shape index (κ3) is 4.63. The molecule has 0 aromatic heterocycles. The topological polar surface area (TPSA) is 81.4 Å². The molecule has 0 fully saturated rings. The van der Waals surface area contributed by atoms with Gasteiger partial charge in [0.25, 0.3) is 5.91 Å². The number of esters is 1. The van der Waals surface area contributed by atoms with E-state index in [4.69, 9.17) is 10.5 Å². The molecular formula is C27H26N2O3. The molecule has 32 heavy (non-hydrogen) atoms. The maximum Gasteiger partial charge on any atom is 0.310 e. The van der Waals surface area contributed by atoms with Crippen LogP contribution in [0.2, 0.25) is 0 Å². The van der Waals surface area contributed by atoms with Crippen LogP contribution in [0.1, 0.15) is 39.5 Å². The summed E-state index contributed by atoms with van der Waals surface area (Å²) in [5.74, 6) is -0.535. The maximum absolute atomic E-state index is 13.2. The van der Waals surface area contributed by atoms with Crippen molar-refractivity contribution in [2.75, 3.05) is 11.9 Å². The summed E-state index contributed by atoms with van der Waals surface area (Å²) in [5.41, 5.74) is 13.1. The Balaban J connectivity index is 1.66. The molecule has 162 valence electrons. The van der Waals surface area contributed by atoms with E-state index in [9.17, 15) is 9.59 Å². The lowest BCUT2D eigenvalue weighted by Crippen LogP contribution is -2.16. The first-order chi connectivity index (χ1) is 15.6. The molecule has 0 radical (unpaired) electrons. The Morgan fingerprint density at radius 2 is 1.91 bits per heavy atom. The smallest absolute Gasteiger partial charge is 0.310 e. The highest BCUT2D eigenvalue weighted by molar-refractivity contribution is 6.06. The number of ether oxygens (including phenoxy) is 1. The quantitative estimate of drug-likeness (QED) is 0.535. The van der Waals surface area contributed by atoms with Gasteiger partial charge in [-0.15, -0.1) is 0 Å². The molecule has 0 atom stereocenters. The molecule has 1 aliphatic rings. The third-order valence-corrected chi connectivity index (χ3v) is 5.53. The zero-order chi connectivity index (χ0) is 22.5. The van der Waals surface area contributed by atoms with Crippen molar-refractivity contribution in [3.05, 3.63) is 94.6 Å². The van der Waals surface area contributed by atoms with Gasteiger partial charge in [0.15, 0.2) is 0 Å². The number of fused-ring (bicyclic) bond motifs is 1. The van der Waals surface area contributed by atoms with Crippen molar-refractivity contribution >= 4 is 23.6 Å². The first kappa shape index (κ1) is 21.5. The number of carbonyl (C=O) groups excluding carboxylic acids is 2. The molecule has 0 saturated carbocycles. The fraction of sp³-hybridized carbons (Fsp3) is 0.185. The number of hydrogen-bond acceptors (Lipinski definition) is 4. The number of nitrogens with one attached hydrogen (secondary N) is 1. The van der Waals surface area contributed by atoms with E-state index in [0.29, 0.717) is 24.4 Å². The van der Waals surface area contributed by atoms with E-state index in [-0.39, 0.29) is 18.3 Å². The molecule has 5 heteroatoms.